The van der Waals surface area contributed by atoms with Gasteiger partial charge < -0.3 is 15.3 Å². The monoisotopic (exact) mass is 278 g/mol. The molecule has 0 spiro atoms. The Kier molecular flexibility index (Phi) is 7.58. The molecule has 6 nitrogen and oxygen atoms in total. The molecule has 0 bridgehead atoms. The molecule has 3 unspecified atom stereocenters. The van der Waals surface area contributed by atoms with Crippen LogP contribution in [-0.2, 0) is 15.6 Å². The topological polar surface area (TPSA) is 86.7 Å². The zero-order valence-corrected chi connectivity index (χ0v) is 12.1. The number of carbonyl (C=O) groups is 2. The predicted octanol–water partition coefficient (Wildman–Crippen LogP) is 0.506. The van der Waals surface area contributed by atoms with Crippen molar-refractivity contribution in [3.05, 3.63) is 0 Å². The summed E-state index contributed by atoms with van der Waals surface area (Å²) in [6, 6.07) is -0.513. The highest BCUT2D eigenvalue weighted by atomic mass is 32.2. The van der Waals surface area contributed by atoms with E-state index < -0.39 is 22.7 Å². The van der Waals surface area contributed by atoms with Gasteiger partial charge >= 0.3 is 12.0 Å². The van der Waals surface area contributed by atoms with E-state index in [-0.39, 0.29) is 18.6 Å². The molecular weight excluding hydrogens is 256 g/mol. The average molecular weight is 278 g/mol. The number of nitrogens with one attached hydrogen (secondary N) is 1. The summed E-state index contributed by atoms with van der Waals surface area (Å²) < 4.78 is 11.0. The third kappa shape index (κ3) is 6.58. The second-order valence-electron chi connectivity index (χ2n) is 4.37. The molecule has 7 heteroatoms. The van der Waals surface area contributed by atoms with Gasteiger partial charge in [0.2, 0.25) is 0 Å². The second-order valence-corrected chi connectivity index (χ2v) is 5.85. The van der Waals surface area contributed by atoms with E-state index in [4.69, 9.17) is 5.11 Å². The number of carbonyl (C=O) groups excluding carboxylic acids is 1. The lowest BCUT2D eigenvalue weighted by Gasteiger charge is -2.25. The van der Waals surface area contributed by atoms with Gasteiger partial charge in [-0.05, 0) is 13.8 Å². The molecule has 0 aromatic heterocycles. The van der Waals surface area contributed by atoms with Gasteiger partial charge in [-0.15, -0.1) is 0 Å². The maximum absolute atomic E-state index is 11.8. The van der Waals surface area contributed by atoms with E-state index >= 15 is 0 Å². The van der Waals surface area contributed by atoms with Crippen molar-refractivity contribution in [3.8, 4) is 0 Å². The zero-order chi connectivity index (χ0) is 14.3. The van der Waals surface area contributed by atoms with E-state index in [1.807, 2.05) is 0 Å². The van der Waals surface area contributed by atoms with Crippen molar-refractivity contribution in [3.63, 3.8) is 0 Å². The van der Waals surface area contributed by atoms with Crippen LogP contribution < -0.4 is 5.32 Å². The summed E-state index contributed by atoms with van der Waals surface area (Å²) in [6.45, 7) is 5.72. The highest BCUT2D eigenvalue weighted by Gasteiger charge is 2.20. The molecule has 0 radical (unpaired) electrons. The van der Waals surface area contributed by atoms with Crippen LogP contribution in [0, 0.1) is 5.92 Å². The fourth-order valence-corrected chi connectivity index (χ4v) is 2.25. The number of carboxylic acids is 1. The van der Waals surface area contributed by atoms with Gasteiger partial charge in [-0.25, -0.2) is 4.79 Å². The Labute approximate surface area is 110 Å². The van der Waals surface area contributed by atoms with Gasteiger partial charge in [-0.1, -0.05) is 6.92 Å². The van der Waals surface area contributed by atoms with Crippen molar-refractivity contribution < 1.29 is 18.9 Å². The Hall–Kier alpha value is -1.11. The Morgan fingerprint density at radius 3 is 2.33 bits per heavy atom. The largest absolute Gasteiger partial charge is 0.481 e. The third-order valence-corrected chi connectivity index (χ3v) is 3.41. The summed E-state index contributed by atoms with van der Waals surface area (Å²) in [5.74, 6) is -1.15. The molecule has 0 saturated carbocycles. The number of nitrogens with zero attached hydrogens (tertiary/aromatic N) is 1. The van der Waals surface area contributed by atoms with Crippen molar-refractivity contribution in [1.29, 1.82) is 0 Å². The Bertz CT molecular complexity index is 322. The molecule has 0 saturated heterocycles. The van der Waals surface area contributed by atoms with Gasteiger partial charge in [0.15, 0.2) is 0 Å². The van der Waals surface area contributed by atoms with Crippen LogP contribution in [0.2, 0.25) is 0 Å². The van der Waals surface area contributed by atoms with Gasteiger partial charge in [0.25, 0.3) is 0 Å². The molecule has 0 aliphatic carbocycles. The Morgan fingerprint density at radius 2 is 1.94 bits per heavy atom. The summed E-state index contributed by atoms with van der Waals surface area (Å²) in [4.78, 5) is 24.0. The van der Waals surface area contributed by atoms with Crippen molar-refractivity contribution in [1.82, 2.24) is 10.2 Å². The van der Waals surface area contributed by atoms with Crippen LogP contribution in [0.4, 0.5) is 4.79 Å². The van der Waals surface area contributed by atoms with E-state index in [1.54, 1.807) is 27.0 Å². The zero-order valence-electron chi connectivity index (χ0n) is 11.3. The molecule has 0 fully saturated rings. The van der Waals surface area contributed by atoms with Gasteiger partial charge in [0.1, 0.15) is 0 Å². The first kappa shape index (κ1) is 16.9. The molecule has 2 amide bonds. The second kappa shape index (κ2) is 8.07. The minimum absolute atomic E-state index is 0.166. The van der Waals surface area contributed by atoms with E-state index in [9.17, 15) is 13.8 Å². The normalized spacial score (nSPS) is 15.6. The van der Waals surface area contributed by atoms with Gasteiger partial charge in [-0.2, -0.15) is 0 Å². The Balaban J connectivity index is 4.34. The lowest BCUT2D eigenvalue weighted by molar-refractivity contribution is -0.141. The number of hydrogen-bond acceptors (Lipinski definition) is 3. The fraction of sp³-hybridized carbons (Fsp3) is 0.818. The predicted molar refractivity (Wildman–Crippen MR) is 71.0 cm³/mol. The molecule has 0 heterocycles. The number of hydrogen-bond donors (Lipinski definition) is 2. The van der Waals surface area contributed by atoms with Crippen LogP contribution in [-0.4, -0.2) is 57.4 Å². The van der Waals surface area contributed by atoms with E-state index in [0.29, 0.717) is 12.3 Å². The molecule has 106 valence electrons. The number of amides is 2. The fourth-order valence-electron chi connectivity index (χ4n) is 1.46. The molecule has 18 heavy (non-hydrogen) atoms. The Morgan fingerprint density at radius 1 is 1.39 bits per heavy atom. The van der Waals surface area contributed by atoms with Crippen LogP contribution in [0.1, 0.15) is 20.8 Å². The minimum Gasteiger partial charge on any atom is -0.481 e. The maximum Gasteiger partial charge on any atom is 0.317 e. The van der Waals surface area contributed by atoms with Gasteiger partial charge in [-0.3, -0.25) is 9.00 Å². The van der Waals surface area contributed by atoms with Crippen molar-refractivity contribution in [2.75, 3.05) is 25.1 Å². The number of carboxylic acid groups (broad SMARTS) is 1. The quantitative estimate of drug-likeness (QED) is 0.710. The van der Waals surface area contributed by atoms with E-state index in [0.717, 1.165) is 0 Å². The first-order valence-electron chi connectivity index (χ1n) is 5.86. The van der Waals surface area contributed by atoms with Gasteiger partial charge in [0, 0.05) is 41.9 Å². The lowest BCUT2D eigenvalue weighted by atomic mass is 10.2. The third-order valence-electron chi connectivity index (χ3n) is 2.44. The van der Waals surface area contributed by atoms with Crippen molar-refractivity contribution in [2.45, 2.75) is 26.8 Å². The smallest absolute Gasteiger partial charge is 0.317 e. The first-order chi connectivity index (χ1) is 8.27. The summed E-state index contributed by atoms with van der Waals surface area (Å²) in [5.41, 5.74) is 0. The van der Waals surface area contributed by atoms with E-state index in [2.05, 4.69) is 5.32 Å². The van der Waals surface area contributed by atoms with Crippen LogP contribution >= 0.6 is 0 Å². The molecule has 3 atom stereocenters. The number of rotatable bonds is 7. The molecule has 0 aromatic carbocycles. The first-order valence-corrected chi connectivity index (χ1v) is 7.58. The molecule has 0 aromatic rings. The lowest BCUT2D eigenvalue weighted by Crippen LogP contribution is -2.47. The molecule has 0 aliphatic rings. The summed E-state index contributed by atoms with van der Waals surface area (Å²) in [5, 5.41) is 11.5. The average Bonchev–Trinajstić information content (AvgIpc) is 2.23. The highest BCUT2D eigenvalue weighted by Crippen LogP contribution is 2.01. The summed E-state index contributed by atoms with van der Waals surface area (Å²) >= 11 is 0. The number of aliphatic carboxylic acids is 1. The molecule has 2 N–H and O–H groups in total. The number of urea groups is 1. The van der Waals surface area contributed by atoms with Crippen molar-refractivity contribution in [2.24, 2.45) is 5.92 Å². The van der Waals surface area contributed by atoms with Crippen LogP contribution in [0.3, 0.4) is 0 Å². The standard InChI is InChI=1S/C11H22N2O4S/c1-5-13(6-8(2)10(14)15)11(16)12-9(3)7-18(4)17/h8-9H,5-7H2,1-4H3,(H,12,16)(H,14,15). The summed E-state index contributed by atoms with van der Waals surface area (Å²) in [6.07, 6.45) is 1.58. The SMILES string of the molecule is CCN(CC(C)C(=O)O)C(=O)NC(C)CS(C)=O. The molecular formula is C11H22N2O4S. The molecule has 0 rings (SSSR count). The maximum atomic E-state index is 11.8. The van der Waals surface area contributed by atoms with Crippen LogP contribution in [0.5, 0.6) is 0 Å². The molecule has 0 aliphatic heterocycles. The summed E-state index contributed by atoms with van der Waals surface area (Å²) in [7, 11) is -0.973. The van der Waals surface area contributed by atoms with Crippen LogP contribution in [0.25, 0.3) is 0 Å². The van der Waals surface area contributed by atoms with Crippen LogP contribution in [0.15, 0.2) is 0 Å². The van der Waals surface area contributed by atoms with Crippen molar-refractivity contribution >= 4 is 22.8 Å². The highest BCUT2D eigenvalue weighted by molar-refractivity contribution is 7.84. The van der Waals surface area contributed by atoms with Gasteiger partial charge in [0.05, 0.1) is 5.92 Å². The minimum atomic E-state index is -0.973. The van der Waals surface area contributed by atoms with E-state index in [1.165, 1.54) is 4.90 Å².